The van der Waals surface area contributed by atoms with Crippen LogP contribution in [0.25, 0.3) is 0 Å². The van der Waals surface area contributed by atoms with E-state index >= 15 is 0 Å². The Hall–Kier alpha value is -1.36. The van der Waals surface area contributed by atoms with Gasteiger partial charge in [-0.3, -0.25) is 14.3 Å². The van der Waals surface area contributed by atoms with Crippen LogP contribution in [-0.2, 0) is 11.4 Å². The molecule has 18 heavy (non-hydrogen) atoms. The van der Waals surface area contributed by atoms with Crippen LogP contribution in [0.2, 0.25) is 0 Å². The van der Waals surface area contributed by atoms with Crippen LogP contribution in [0.4, 0.5) is 0 Å². The van der Waals surface area contributed by atoms with Gasteiger partial charge < -0.3 is 0 Å². The molecule has 0 unspecified atom stereocenters. The molecule has 2 rings (SSSR count). The Morgan fingerprint density at radius 1 is 1.50 bits per heavy atom. The SMILES string of the molecule is CCn1nc(C(C)C)cc1C(=O)N1CCCCO1. The highest BCUT2D eigenvalue weighted by Gasteiger charge is 2.24. The highest BCUT2D eigenvalue weighted by atomic mass is 16.7. The lowest BCUT2D eigenvalue weighted by Crippen LogP contribution is -2.36. The summed E-state index contributed by atoms with van der Waals surface area (Å²) >= 11 is 0. The topological polar surface area (TPSA) is 47.4 Å². The molecule has 1 amide bonds. The summed E-state index contributed by atoms with van der Waals surface area (Å²) in [6, 6.07) is 1.88. The van der Waals surface area contributed by atoms with E-state index in [0.717, 1.165) is 18.5 Å². The first-order chi connectivity index (χ1) is 8.63. The molecule has 1 saturated heterocycles. The maximum Gasteiger partial charge on any atom is 0.295 e. The van der Waals surface area contributed by atoms with Crippen LogP contribution < -0.4 is 0 Å². The fourth-order valence-corrected chi connectivity index (χ4v) is 2.02. The van der Waals surface area contributed by atoms with Crippen LogP contribution in [0.15, 0.2) is 6.07 Å². The monoisotopic (exact) mass is 251 g/mol. The van der Waals surface area contributed by atoms with Crippen molar-refractivity contribution in [3.05, 3.63) is 17.5 Å². The maximum atomic E-state index is 12.4. The predicted octanol–water partition coefficient (Wildman–Crippen LogP) is 2.19. The second-order valence-electron chi connectivity index (χ2n) is 4.87. The first kappa shape index (κ1) is 13.1. The van der Waals surface area contributed by atoms with Gasteiger partial charge in [0, 0.05) is 13.1 Å². The third-order valence-electron chi connectivity index (χ3n) is 3.14. The van der Waals surface area contributed by atoms with E-state index in [9.17, 15) is 4.79 Å². The molecule has 0 spiro atoms. The lowest BCUT2D eigenvalue weighted by atomic mass is 10.1. The van der Waals surface area contributed by atoms with E-state index in [4.69, 9.17) is 4.84 Å². The van der Waals surface area contributed by atoms with Gasteiger partial charge in [-0.05, 0) is 31.7 Å². The predicted molar refractivity (Wildman–Crippen MR) is 68.2 cm³/mol. The number of rotatable bonds is 3. The summed E-state index contributed by atoms with van der Waals surface area (Å²) in [5.41, 5.74) is 1.58. The minimum absolute atomic E-state index is 0.0732. The molecule has 0 atom stereocenters. The number of carbonyl (C=O) groups is 1. The minimum Gasteiger partial charge on any atom is -0.271 e. The molecule has 100 valence electrons. The zero-order valence-corrected chi connectivity index (χ0v) is 11.3. The van der Waals surface area contributed by atoms with Gasteiger partial charge in [-0.15, -0.1) is 0 Å². The van der Waals surface area contributed by atoms with Gasteiger partial charge in [-0.1, -0.05) is 13.8 Å². The first-order valence-corrected chi connectivity index (χ1v) is 6.66. The number of amides is 1. The first-order valence-electron chi connectivity index (χ1n) is 6.66. The zero-order valence-electron chi connectivity index (χ0n) is 11.3. The van der Waals surface area contributed by atoms with Crippen molar-refractivity contribution in [3.63, 3.8) is 0 Å². The Kier molecular flexibility index (Phi) is 4.01. The normalized spacial score (nSPS) is 16.3. The van der Waals surface area contributed by atoms with E-state index < -0.39 is 0 Å². The Bertz CT molecular complexity index is 420. The smallest absolute Gasteiger partial charge is 0.271 e. The van der Waals surface area contributed by atoms with Gasteiger partial charge in [-0.2, -0.15) is 5.10 Å². The van der Waals surface area contributed by atoms with Gasteiger partial charge >= 0.3 is 0 Å². The van der Waals surface area contributed by atoms with Crippen LogP contribution in [0.5, 0.6) is 0 Å². The summed E-state index contributed by atoms with van der Waals surface area (Å²) in [5.74, 6) is 0.252. The van der Waals surface area contributed by atoms with Gasteiger partial charge in [0.2, 0.25) is 0 Å². The number of nitrogens with zero attached hydrogens (tertiary/aromatic N) is 3. The van der Waals surface area contributed by atoms with Crippen molar-refractivity contribution in [1.29, 1.82) is 0 Å². The van der Waals surface area contributed by atoms with Crippen LogP contribution in [0, 0.1) is 0 Å². The number of aryl methyl sites for hydroxylation is 1. The molecular weight excluding hydrogens is 230 g/mol. The van der Waals surface area contributed by atoms with E-state index in [1.165, 1.54) is 5.06 Å². The van der Waals surface area contributed by atoms with Crippen molar-refractivity contribution >= 4 is 5.91 Å². The van der Waals surface area contributed by atoms with Crippen molar-refractivity contribution in [1.82, 2.24) is 14.8 Å². The number of aromatic nitrogens is 2. The van der Waals surface area contributed by atoms with E-state index in [0.29, 0.717) is 31.3 Å². The number of hydroxylamine groups is 2. The summed E-state index contributed by atoms with van der Waals surface area (Å²) in [6.07, 6.45) is 2.02. The van der Waals surface area contributed by atoms with Crippen molar-refractivity contribution in [2.24, 2.45) is 0 Å². The van der Waals surface area contributed by atoms with Crippen molar-refractivity contribution in [2.45, 2.75) is 46.1 Å². The maximum absolute atomic E-state index is 12.4. The van der Waals surface area contributed by atoms with E-state index in [-0.39, 0.29) is 5.91 Å². The average molecular weight is 251 g/mol. The van der Waals surface area contributed by atoms with Crippen molar-refractivity contribution in [2.75, 3.05) is 13.2 Å². The summed E-state index contributed by atoms with van der Waals surface area (Å²) < 4.78 is 1.76. The molecule has 1 aliphatic rings. The molecule has 1 aliphatic heterocycles. The average Bonchev–Trinajstić information content (AvgIpc) is 2.83. The van der Waals surface area contributed by atoms with Crippen LogP contribution in [0.1, 0.15) is 55.7 Å². The molecule has 0 aromatic carbocycles. The van der Waals surface area contributed by atoms with Crippen LogP contribution in [0.3, 0.4) is 0 Å². The van der Waals surface area contributed by atoms with Gasteiger partial charge in [0.05, 0.1) is 12.3 Å². The number of hydrogen-bond donors (Lipinski definition) is 0. The molecule has 0 radical (unpaired) electrons. The molecule has 0 bridgehead atoms. The molecule has 0 N–H and O–H groups in total. The molecule has 1 aromatic rings. The second-order valence-corrected chi connectivity index (χ2v) is 4.87. The summed E-state index contributed by atoms with van der Waals surface area (Å²) in [5, 5.41) is 5.93. The van der Waals surface area contributed by atoms with Crippen LogP contribution in [-0.4, -0.2) is 33.9 Å². The highest BCUT2D eigenvalue weighted by Crippen LogP contribution is 2.17. The van der Waals surface area contributed by atoms with Crippen molar-refractivity contribution < 1.29 is 9.63 Å². The lowest BCUT2D eigenvalue weighted by molar-refractivity contribution is -0.144. The van der Waals surface area contributed by atoms with Crippen LogP contribution >= 0.6 is 0 Å². The van der Waals surface area contributed by atoms with Gasteiger partial charge in [0.25, 0.3) is 5.91 Å². The van der Waals surface area contributed by atoms with Gasteiger partial charge in [0.1, 0.15) is 5.69 Å². The number of hydrogen-bond acceptors (Lipinski definition) is 3. The molecule has 5 heteroatoms. The molecule has 1 aromatic heterocycles. The standard InChI is InChI=1S/C13H21N3O2/c1-4-15-12(9-11(14-15)10(2)3)13(17)16-7-5-6-8-18-16/h9-10H,4-8H2,1-3H3. The third-order valence-corrected chi connectivity index (χ3v) is 3.14. The largest absolute Gasteiger partial charge is 0.295 e. The highest BCUT2D eigenvalue weighted by molar-refractivity contribution is 5.92. The summed E-state index contributed by atoms with van der Waals surface area (Å²) in [6.45, 7) is 8.14. The summed E-state index contributed by atoms with van der Waals surface area (Å²) in [4.78, 5) is 17.8. The van der Waals surface area contributed by atoms with E-state index in [1.54, 1.807) is 4.68 Å². The zero-order chi connectivity index (χ0) is 13.1. The second kappa shape index (κ2) is 5.52. The lowest BCUT2D eigenvalue weighted by Gasteiger charge is -2.25. The van der Waals surface area contributed by atoms with E-state index in [2.05, 4.69) is 18.9 Å². The Morgan fingerprint density at radius 2 is 2.28 bits per heavy atom. The Balaban J connectivity index is 2.22. The molecule has 2 heterocycles. The van der Waals surface area contributed by atoms with Gasteiger partial charge in [0.15, 0.2) is 0 Å². The Morgan fingerprint density at radius 3 is 2.83 bits per heavy atom. The quantitative estimate of drug-likeness (QED) is 0.827. The Labute approximate surface area is 108 Å². The molecule has 5 nitrogen and oxygen atoms in total. The molecular formula is C13H21N3O2. The van der Waals surface area contributed by atoms with Crippen molar-refractivity contribution in [3.8, 4) is 0 Å². The summed E-state index contributed by atoms with van der Waals surface area (Å²) in [7, 11) is 0. The van der Waals surface area contributed by atoms with Gasteiger partial charge in [-0.25, -0.2) is 5.06 Å². The fraction of sp³-hybridized carbons (Fsp3) is 0.692. The van der Waals surface area contributed by atoms with E-state index in [1.807, 2.05) is 13.0 Å². The number of carbonyl (C=O) groups excluding carboxylic acids is 1. The third kappa shape index (κ3) is 2.56. The minimum atomic E-state index is -0.0732. The fourth-order valence-electron chi connectivity index (χ4n) is 2.02. The molecule has 0 saturated carbocycles. The molecule has 1 fully saturated rings. The molecule has 0 aliphatic carbocycles.